The van der Waals surface area contributed by atoms with Gasteiger partial charge in [-0.2, -0.15) is 13.9 Å². The van der Waals surface area contributed by atoms with Crippen molar-refractivity contribution < 1.29 is 13.9 Å². The molecule has 0 aliphatic carbocycles. The molecular formula is C20H19ClF2N2O. The van der Waals surface area contributed by atoms with E-state index in [4.69, 9.17) is 16.7 Å². The van der Waals surface area contributed by atoms with Crippen LogP contribution in [0.5, 0.6) is 0 Å². The lowest BCUT2D eigenvalue weighted by Gasteiger charge is -2.14. The monoisotopic (exact) mass is 376 g/mol. The van der Waals surface area contributed by atoms with Crippen molar-refractivity contribution in [1.82, 2.24) is 9.78 Å². The minimum Gasteiger partial charge on any atom is -0.332 e. The minimum absolute atomic E-state index is 0.176. The number of alkyl halides is 2. The van der Waals surface area contributed by atoms with Gasteiger partial charge in [0.05, 0.1) is 22.6 Å². The summed E-state index contributed by atoms with van der Waals surface area (Å²) in [6, 6.07) is 14.8. The van der Waals surface area contributed by atoms with Crippen molar-refractivity contribution in [1.29, 1.82) is 0 Å². The molecule has 0 saturated heterocycles. The van der Waals surface area contributed by atoms with E-state index in [0.29, 0.717) is 10.7 Å². The zero-order valence-electron chi connectivity index (χ0n) is 14.7. The Bertz CT molecular complexity index is 905. The summed E-state index contributed by atoms with van der Waals surface area (Å²) in [6.07, 6.45) is -3.86. The lowest BCUT2D eigenvalue weighted by Crippen LogP contribution is -2.13. The van der Waals surface area contributed by atoms with Crippen LogP contribution in [-0.4, -0.2) is 14.9 Å². The quantitative estimate of drug-likeness (QED) is 0.652. The Morgan fingerprint density at radius 3 is 2.04 bits per heavy atom. The van der Waals surface area contributed by atoms with Crippen molar-refractivity contribution in [2.75, 3.05) is 0 Å². The number of halogens is 3. The van der Waals surface area contributed by atoms with Gasteiger partial charge in [0.2, 0.25) is 0 Å². The summed E-state index contributed by atoms with van der Waals surface area (Å²) in [5, 5.41) is 14.2. The number of hydrogen-bond donors (Lipinski definition) is 1. The molecule has 0 fully saturated rings. The van der Waals surface area contributed by atoms with E-state index in [2.05, 4.69) is 25.9 Å². The molecule has 0 amide bonds. The maximum absolute atomic E-state index is 13.1. The Kier molecular flexibility index (Phi) is 4.63. The molecular weight excluding hydrogens is 358 g/mol. The molecule has 3 nitrogen and oxygen atoms in total. The molecule has 1 N–H and O–H groups in total. The van der Waals surface area contributed by atoms with Crippen LogP contribution in [0.4, 0.5) is 8.78 Å². The van der Waals surface area contributed by atoms with Crippen molar-refractivity contribution in [2.45, 2.75) is 32.3 Å². The van der Waals surface area contributed by atoms with Gasteiger partial charge in [-0.15, -0.1) is 0 Å². The fourth-order valence-electron chi connectivity index (χ4n) is 2.57. The number of hydrogen-bond acceptors (Lipinski definition) is 2. The second-order valence-electron chi connectivity index (χ2n) is 7.17. The third kappa shape index (κ3) is 3.79. The molecule has 0 atom stereocenters. The summed E-state index contributed by atoms with van der Waals surface area (Å²) in [7, 11) is 0. The van der Waals surface area contributed by atoms with Gasteiger partial charge in [-0.3, -0.25) is 0 Å². The Balaban J connectivity index is 2.13. The molecule has 1 heterocycles. The van der Waals surface area contributed by atoms with E-state index in [1.165, 1.54) is 24.3 Å². The molecule has 0 saturated carbocycles. The van der Waals surface area contributed by atoms with Gasteiger partial charge in [0, 0.05) is 16.0 Å². The van der Waals surface area contributed by atoms with Crippen molar-refractivity contribution in [2.24, 2.45) is 0 Å². The molecule has 1 aromatic heterocycles. The number of aliphatic hydroxyl groups is 1. The van der Waals surface area contributed by atoms with Crippen molar-refractivity contribution >= 4 is 11.6 Å². The molecule has 6 heteroatoms. The van der Waals surface area contributed by atoms with E-state index < -0.39 is 11.7 Å². The highest BCUT2D eigenvalue weighted by atomic mass is 35.5. The molecule has 0 aliphatic heterocycles. The topological polar surface area (TPSA) is 38.0 Å². The van der Waals surface area contributed by atoms with Crippen molar-refractivity contribution in [3.05, 3.63) is 70.9 Å². The average molecular weight is 377 g/mol. The SMILES string of the molecule is CC(C)(C)c1cc(-c2ccc(Cl)cc2)n(-c2ccc(C(O)(F)F)cc2)n1. The van der Waals surface area contributed by atoms with Crippen LogP contribution in [0, 0.1) is 0 Å². The van der Waals surface area contributed by atoms with Crippen LogP contribution in [-0.2, 0) is 11.5 Å². The highest BCUT2D eigenvalue weighted by molar-refractivity contribution is 6.30. The molecule has 3 aromatic rings. The van der Waals surface area contributed by atoms with Gasteiger partial charge < -0.3 is 5.11 Å². The van der Waals surface area contributed by atoms with E-state index in [0.717, 1.165) is 17.0 Å². The second-order valence-corrected chi connectivity index (χ2v) is 7.61. The molecule has 0 radical (unpaired) electrons. The standard InChI is InChI=1S/C20H19ClF2N2O/c1-19(2,3)18-12-17(13-4-8-15(21)9-5-13)25(24-18)16-10-6-14(7-11-16)20(22,23)26/h4-12,26H,1-3H3. The van der Waals surface area contributed by atoms with Crippen molar-refractivity contribution in [3.63, 3.8) is 0 Å². The maximum atomic E-state index is 13.1. The molecule has 0 aliphatic rings. The molecule has 2 aromatic carbocycles. The van der Waals surface area contributed by atoms with E-state index >= 15 is 0 Å². The Morgan fingerprint density at radius 1 is 0.962 bits per heavy atom. The molecule has 3 rings (SSSR count). The lowest BCUT2D eigenvalue weighted by atomic mass is 9.92. The van der Waals surface area contributed by atoms with E-state index in [9.17, 15) is 8.78 Å². The Morgan fingerprint density at radius 2 is 1.54 bits per heavy atom. The first-order valence-corrected chi connectivity index (χ1v) is 8.51. The molecule has 0 spiro atoms. The van der Waals surface area contributed by atoms with Gasteiger partial charge in [0.15, 0.2) is 0 Å². The molecule has 136 valence electrons. The third-order valence-corrected chi connectivity index (χ3v) is 4.33. The summed E-state index contributed by atoms with van der Waals surface area (Å²) in [5.74, 6) is 0. The largest absolute Gasteiger partial charge is 0.380 e. The first-order chi connectivity index (χ1) is 12.1. The minimum atomic E-state index is -3.86. The van der Waals surface area contributed by atoms with Gasteiger partial charge in [0.1, 0.15) is 0 Å². The zero-order chi connectivity index (χ0) is 19.1. The van der Waals surface area contributed by atoms with E-state index in [-0.39, 0.29) is 5.41 Å². The Labute approximate surface area is 155 Å². The smallest absolute Gasteiger partial charge is 0.332 e. The lowest BCUT2D eigenvalue weighted by molar-refractivity contribution is -0.208. The van der Waals surface area contributed by atoms with Gasteiger partial charge in [-0.05, 0) is 42.5 Å². The molecule has 26 heavy (non-hydrogen) atoms. The molecule has 0 unspecified atom stereocenters. The van der Waals surface area contributed by atoms with Gasteiger partial charge >= 0.3 is 6.11 Å². The number of rotatable bonds is 3. The second kappa shape index (κ2) is 6.49. The summed E-state index contributed by atoms with van der Waals surface area (Å²) >= 11 is 5.98. The van der Waals surface area contributed by atoms with Gasteiger partial charge in [-0.1, -0.05) is 44.5 Å². The van der Waals surface area contributed by atoms with Gasteiger partial charge in [-0.25, -0.2) is 4.68 Å². The number of benzene rings is 2. The van der Waals surface area contributed by atoms with E-state index in [1.54, 1.807) is 16.8 Å². The van der Waals surface area contributed by atoms with Crippen LogP contribution in [0.25, 0.3) is 16.9 Å². The highest BCUT2D eigenvalue weighted by Crippen LogP contribution is 2.31. The summed E-state index contributed by atoms with van der Waals surface area (Å²) in [5.41, 5.74) is 2.60. The normalized spacial score (nSPS) is 12.4. The number of nitrogens with zero attached hydrogens (tertiary/aromatic N) is 2. The summed E-state index contributed by atoms with van der Waals surface area (Å²) < 4.78 is 27.8. The van der Waals surface area contributed by atoms with Crippen LogP contribution in [0.3, 0.4) is 0 Å². The van der Waals surface area contributed by atoms with Crippen LogP contribution in [0.15, 0.2) is 54.6 Å². The first kappa shape index (κ1) is 18.5. The average Bonchev–Trinajstić information content (AvgIpc) is 3.00. The molecule has 0 bridgehead atoms. The summed E-state index contributed by atoms with van der Waals surface area (Å²) in [6.45, 7) is 6.17. The fourth-order valence-corrected chi connectivity index (χ4v) is 2.70. The summed E-state index contributed by atoms with van der Waals surface area (Å²) in [4.78, 5) is 0. The number of aromatic nitrogens is 2. The van der Waals surface area contributed by atoms with Crippen LogP contribution < -0.4 is 0 Å². The Hall–Kier alpha value is -2.24. The predicted octanol–water partition coefficient (Wildman–Crippen LogP) is 5.53. The zero-order valence-corrected chi connectivity index (χ0v) is 15.4. The van der Waals surface area contributed by atoms with Crippen LogP contribution >= 0.6 is 11.6 Å². The maximum Gasteiger partial charge on any atom is 0.380 e. The van der Waals surface area contributed by atoms with Crippen LogP contribution in [0.1, 0.15) is 32.0 Å². The fraction of sp³-hybridized carbons (Fsp3) is 0.250. The van der Waals surface area contributed by atoms with E-state index in [1.807, 2.05) is 18.2 Å². The van der Waals surface area contributed by atoms with Crippen molar-refractivity contribution in [3.8, 4) is 16.9 Å². The predicted molar refractivity (Wildman–Crippen MR) is 98.8 cm³/mol. The third-order valence-electron chi connectivity index (χ3n) is 4.08. The van der Waals surface area contributed by atoms with Gasteiger partial charge in [0.25, 0.3) is 0 Å². The highest BCUT2D eigenvalue weighted by Gasteiger charge is 2.27. The first-order valence-electron chi connectivity index (χ1n) is 8.13. The van der Waals surface area contributed by atoms with Crippen LogP contribution in [0.2, 0.25) is 5.02 Å².